The molecule has 0 radical (unpaired) electrons. The normalized spacial score (nSPS) is 28.7. The number of hydrogen-bond acceptors (Lipinski definition) is 4. The highest BCUT2D eigenvalue weighted by molar-refractivity contribution is 5.82. The first kappa shape index (κ1) is 8.80. The topological polar surface area (TPSA) is 70.6 Å². The van der Waals surface area contributed by atoms with Crippen LogP contribution in [0.15, 0.2) is 29.6 Å². The van der Waals surface area contributed by atoms with Crippen LogP contribution in [0, 0.1) is 0 Å². The number of nitrogens with two attached hydrogens (primary N) is 1. The van der Waals surface area contributed by atoms with Crippen LogP contribution >= 0.6 is 0 Å². The lowest BCUT2D eigenvalue weighted by molar-refractivity contribution is 0.314. The van der Waals surface area contributed by atoms with Crippen molar-refractivity contribution in [2.75, 3.05) is 0 Å². The molecule has 0 aliphatic carbocycles. The van der Waals surface area contributed by atoms with E-state index in [0.717, 1.165) is 0 Å². The van der Waals surface area contributed by atoms with E-state index in [1.807, 2.05) is 18.2 Å². The Bertz CT molecular complexity index is 245. The molecule has 0 spiro atoms. The van der Waals surface area contributed by atoms with Crippen molar-refractivity contribution in [1.82, 2.24) is 5.32 Å². The molecule has 4 nitrogen and oxygen atoms in total. The standard InChI is InChI=1S/C8H13N3O/c1-7(11-12)6-8(9)4-2-3-5-10-8/h2-5,10,12H,6,9H2,1H3/b11-7+. The summed E-state index contributed by atoms with van der Waals surface area (Å²) in [5, 5.41) is 14.5. The highest BCUT2D eigenvalue weighted by atomic mass is 16.4. The van der Waals surface area contributed by atoms with E-state index in [2.05, 4.69) is 10.5 Å². The van der Waals surface area contributed by atoms with Crippen molar-refractivity contribution in [3.05, 3.63) is 24.4 Å². The lowest BCUT2D eigenvalue weighted by Crippen LogP contribution is -2.51. The molecule has 0 aromatic heterocycles. The van der Waals surface area contributed by atoms with Gasteiger partial charge in [0.25, 0.3) is 0 Å². The van der Waals surface area contributed by atoms with Crippen molar-refractivity contribution >= 4 is 5.71 Å². The van der Waals surface area contributed by atoms with E-state index in [0.29, 0.717) is 12.1 Å². The number of hydrogen-bond donors (Lipinski definition) is 3. The van der Waals surface area contributed by atoms with Gasteiger partial charge in [-0.3, -0.25) is 0 Å². The molecule has 4 heteroatoms. The second-order valence-electron chi connectivity index (χ2n) is 2.91. The van der Waals surface area contributed by atoms with E-state index in [4.69, 9.17) is 10.9 Å². The molecule has 1 aliphatic heterocycles. The Morgan fingerprint density at radius 2 is 2.42 bits per heavy atom. The first-order valence-corrected chi connectivity index (χ1v) is 3.75. The van der Waals surface area contributed by atoms with Crippen LogP contribution in [0.25, 0.3) is 0 Å². The van der Waals surface area contributed by atoms with Gasteiger partial charge in [0.05, 0.1) is 5.71 Å². The fourth-order valence-corrected chi connectivity index (χ4v) is 1.10. The Morgan fingerprint density at radius 1 is 1.67 bits per heavy atom. The maximum absolute atomic E-state index is 8.44. The van der Waals surface area contributed by atoms with Gasteiger partial charge in [-0.05, 0) is 25.3 Å². The molecule has 1 unspecified atom stereocenters. The third-order valence-electron chi connectivity index (χ3n) is 1.67. The van der Waals surface area contributed by atoms with Crippen molar-refractivity contribution in [3.63, 3.8) is 0 Å². The van der Waals surface area contributed by atoms with Crippen LogP contribution in [-0.2, 0) is 0 Å². The molecule has 66 valence electrons. The van der Waals surface area contributed by atoms with Crippen molar-refractivity contribution in [2.45, 2.75) is 19.0 Å². The monoisotopic (exact) mass is 167 g/mol. The van der Waals surface area contributed by atoms with E-state index in [1.165, 1.54) is 0 Å². The summed E-state index contributed by atoms with van der Waals surface area (Å²) in [5.41, 5.74) is 5.89. The number of rotatable bonds is 2. The van der Waals surface area contributed by atoms with Crippen LogP contribution in [0.3, 0.4) is 0 Å². The molecule has 1 heterocycles. The third-order valence-corrected chi connectivity index (χ3v) is 1.67. The Hall–Kier alpha value is -1.29. The number of oxime groups is 1. The van der Waals surface area contributed by atoms with E-state index >= 15 is 0 Å². The van der Waals surface area contributed by atoms with Gasteiger partial charge >= 0.3 is 0 Å². The molecular weight excluding hydrogens is 154 g/mol. The summed E-state index contributed by atoms with van der Waals surface area (Å²) in [7, 11) is 0. The molecule has 12 heavy (non-hydrogen) atoms. The molecule has 0 amide bonds. The van der Waals surface area contributed by atoms with Crippen LogP contribution in [0.2, 0.25) is 0 Å². The van der Waals surface area contributed by atoms with E-state index in [-0.39, 0.29) is 0 Å². The van der Waals surface area contributed by atoms with Crippen molar-refractivity contribution in [3.8, 4) is 0 Å². The van der Waals surface area contributed by atoms with Gasteiger partial charge in [-0.2, -0.15) is 0 Å². The average molecular weight is 167 g/mol. The molecule has 1 atom stereocenters. The summed E-state index contributed by atoms with van der Waals surface area (Å²) in [6.45, 7) is 1.72. The summed E-state index contributed by atoms with van der Waals surface area (Å²) in [4.78, 5) is 0. The van der Waals surface area contributed by atoms with Gasteiger partial charge in [0.15, 0.2) is 0 Å². The molecule has 0 saturated heterocycles. The average Bonchev–Trinajstić information content (AvgIpc) is 2.05. The molecule has 0 fully saturated rings. The summed E-state index contributed by atoms with van der Waals surface area (Å²) in [6, 6.07) is 0. The zero-order valence-electron chi connectivity index (χ0n) is 6.99. The maximum atomic E-state index is 8.44. The minimum Gasteiger partial charge on any atom is -0.411 e. The van der Waals surface area contributed by atoms with Crippen LogP contribution < -0.4 is 11.1 Å². The van der Waals surface area contributed by atoms with E-state index in [1.54, 1.807) is 13.1 Å². The predicted molar refractivity (Wildman–Crippen MR) is 47.8 cm³/mol. The zero-order chi connectivity index (χ0) is 9.03. The minimum atomic E-state index is -0.606. The second-order valence-corrected chi connectivity index (χ2v) is 2.91. The lowest BCUT2D eigenvalue weighted by atomic mass is 10.0. The van der Waals surface area contributed by atoms with Gasteiger partial charge in [-0.1, -0.05) is 11.2 Å². The highest BCUT2D eigenvalue weighted by Gasteiger charge is 2.21. The van der Waals surface area contributed by atoms with Crippen molar-refractivity contribution in [1.29, 1.82) is 0 Å². The number of nitrogens with one attached hydrogen (secondary N) is 1. The largest absolute Gasteiger partial charge is 0.411 e. The maximum Gasteiger partial charge on any atom is 0.110 e. The predicted octanol–water partition coefficient (Wildman–Crippen LogP) is 0.555. The van der Waals surface area contributed by atoms with Gasteiger partial charge in [0, 0.05) is 6.42 Å². The Labute approximate surface area is 71.4 Å². The Morgan fingerprint density at radius 3 is 2.92 bits per heavy atom. The van der Waals surface area contributed by atoms with Gasteiger partial charge in [-0.15, -0.1) is 0 Å². The van der Waals surface area contributed by atoms with Gasteiger partial charge in [-0.25, -0.2) is 0 Å². The second kappa shape index (κ2) is 3.40. The molecule has 1 aliphatic rings. The number of nitrogens with zero attached hydrogens (tertiary/aromatic N) is 1. The van der Waals surface area contributed by atoms with Gasteiger partial charge in [0.1, 0.15) is 5.66 Å². The fraction of sp³-hybridized carbons (Fsp3) is 0.375. The zero-order valence-corrected chi connectivity index (χ0v) is 6.99. The highest BCUT2D eigenvalue weighted by Crippen LogP contribution is 2.09. The molecule has 4 N–H and O–H groups in total. The Balaban J connectivity index is 2.61. The molecular formula is C8H13N3O. The van der Waals surface area contributed by atoms with Gasteiger partial charge in [0.2, 0.25) is 0 Å². The van der Waals surface area contributed by atoms with Crippen LogP contribution in [-0.4, -0.2) is 16.6 Å². The minimum absolute atomic E-state index is 0.490. The van der Waals surface area contributed by atoms with E-state index in [9.17, 15) is 0 Å². The smallest absolute Gasteiger partial charge is 0.110 e. The summed E-state index contributed by atoms with van der Waals surface area (Å²) < 4.78 is 0. The lowest BCUT2D eigenvalue weighted by Gasteiger charge is -2.27. The van der Waals surface area contributed by atoms with Crippen molar-refractivity contribution < 1.29 is 5.21 Å². The first-order valence-electron chi connectivity index (χ1n) is 3.75. The molecule has 0 aromatic carbocycles. The summed E-state index contributed by atoms with van der Waals surface area (Å²) in [6.07, 6.45) is 7.81. The molecule has 1 rings (SSSR count). The number of allylic oxidation sites excluding steroid dienone is 2. The van der Waals surface area contributed by atoms with Crippen LogP contribution in [0.5, 0.6) is 0 Å². The van der Waals surface area contributed by atoms with Crippen LogP contribution in [0.1, 0.15) is 13.3 Å². The molecule has 0 saturated carbocycles. The third kappa shape index (κ3) is 2.10. The summed E-state index contributed by atoms with van der Waals surface area (Å²) >= 11 is 0. The van der Waals surface area contributed by atoms with E-state index < -0.39 is 5.66 Å². The Kier molecular flexibility index (Phi) is 2.50. The quantitative estimate of drug-likeness (QED) is 0.319. The van der Waals surface area contributed by atoms with Crippen LogP contribution in [0.4, 0.5) is 0 Å². The molecule has 0 aromatic rings. The first-order chi connectivity index (χ1) is 5.66. The SMILES string of the molecule is C/C(CC1(N)C=CC=CN1)=N\O. The van der Waals surface area contributed by atoms with Crippen molar-refractivity contribution in [2.24, 2.45) is 10.9 Å². The van der Waals surface area contributed by atoms with Gasteiger partial charge < -0.3 is 16.3 Å². The fourth-order valence-electron chi connectivity index (χ4n) is 1.10. The number of dihydropyridines is 1. The molecule has 0 bridgehead atoms. The summed E-state index contributed by atoms with van der Waals surface area (Å²) in [5.74, 6) is 0.